The van der Waals surface area contributed by atoms with Crippen LogP contribution in [0.2, 0.25) is 0 Å². The maximum absolute atomic E-state index is 15.4. The fraction of sp³-hybridized carbons (Fsp3) is 0.400. The first kappa shape index (κ1) is 50.2. The van der Waals surface area contributed by atoms with Crippen LogP contribution in [-0.2, 0) is 0 Å². The number of benzene rings is 4. The summed E-state index contributed by atoms with van der Waals surface area (Å²) in [6, 6.07) is 0.992. The van der Waals surface area contributed by atoms with E-state index in [1.54, 1.807) is 0 Å². The van der Waals surface area contributed by atoms with Crippen molar-refractivity contribution in [3.8, 4) is 0 Å². The Balaban J connectivity index is 0.000000416. The van der Waals surface area contributed by atoms with Crippen LogP contribution in [0.1, 0.15) is 78.6 Å². The van der Waals surface area contributed by atoms with Gasteiger partial charge in [0, 0.05) is 0 Å². The highest BCUT2D eigenvalue weighted by Gasteiger charge is 2.52. The second-order valence-electron chi connectivity index (χ2n) is 14.8. The van der Waals surface area contributed by atoms with Gasteiger partial charge in [0.25, 0.3) is 0 Å². The molecule has 0 spiro atoms. The van der Waals surface area contributed by atoms with E-state index in [9.17, 15) is 52.7 Å². The maximum atomic E-state index is 15.4. The Kier molecular flexibility index (Phi) is 15.8. The molecule has 22 heteroatoms. The van der Waals surface area contributed by atoms with Crippen LogP contribution < -0.4 is 21.9 Å². The third-order valence-electron chi connectivity index (χ3n) is 11.6. The Morgan fingerprint density at radius 3 is 0.742 bits per heavy atom. The van der Waals surface area contributed by atoms with Crippen LogP contribution >= 0.6 is 0 Å². The van der Waals surface area contributed by atoms with Crippen molar-refractivity contribution >= 4 is 28.0 Å². The molecule has 0 aliphatic heterocycles. The first-order chi connectivity index (χ1) is 29.0. The molecule has 0 amide bonds. The van der Waals surface area contributed by atoms with E-state index in [1.165, 1.54) is 81.9 Å². The van der Waals surface area contributed by atoms with Gasteiger partial charge in [-0.25, -0.2) is 87.8 Å². The molecular weight excluding hydrogens is 885 g/mol. The molecule has 62 heavy (non-hydrogen) atoms. The zero-order valence-corrected chi connectivity index (χ0v) is 32.6. The highest BCUT2D eigenvalue weighted by molar-refractivity contribution is 7.20. The largest absolute Gasteiger partial charge is 0.321 e. The SMILES string of the molecule is CCCC[N+](CC)(CCCC)C1CCCCC1.Fc1c(F)c(F)c([B-](c2c(F)c(F)c(F)c(F)c2F)(c2c(F)c(F)c(F)c(F)c2F)c2c(F)c(F)c(F)c(F)c2F)c(F)c1F. The van der Waals surface area contributed by atoms with Crippen LogP contribution in [0.4, 0.5) is 87.8 Å². The molecule has 1 aliphatic carbocycles. The summed E-state index contributed by atoms with van der Waals surface area (Å²) < 4.78 is 295. The van der Waals surface area contributed by atoms with Gasteiger partial charge in [0.1, 0.15) is 52.7 Å². The predicted molar refractivity (Wildman–Crippen MR) is 186 cm³/mol. The number of hydrogen-bond acceptors (Lipinski definition) is 0. The van der Waals surface area contributed by atoms with Gasteiger partial charge in [-0.05, 0) is 45.4 Å². The second-order valence-corrected chi connectivity index (χ2v) is 14.8. The van der Waals surface area contributed by atoms with Gasteiger partial charge in [-0.15, -0.1) is 21.9 Å². The summed E-state index contributed by atoms with van der Waals surface area (Å²) in [4.78, 5) is 0. The molecule has 0 bridgehead atoms. The minimum absolute atomic E-state index is 0.992. The zero-order chi connectivity index (χ0) is 46.9. The molecule has 0 unspecified atom stereocenters. The van der Waals surface area contributed by atoms with E-state index in [4.69, 9.17) is 0 Å². The normalized spacial score (nSPS) is 13.8. The summed E-state index contributed by atoms with van der Waals surface area (Å²) in [7, 11) is 0. The van der Waals surface area contributed by atoms with Crippen molar-refractivity contribution in [2.45, 2.75) is 84.6 Å². The molecule has 1 aliphatic rings. The lowest BCUT2D eigenvalue weighted by molar-refractivity contribution is -0.951. The van der Waals surface area contributed by atoms with Crippen molar-refractivity contribution in [2.75, 3.05) is 19.6 Å². The quantitative estimate of drug-likeness (QED) is 0.0437. The molecule has 0 heterocycles. The minimum Gasteiger partial charge on any atom is -0.321 e. The summed E-state index contributed by atoms with van der Waals surface area (Å²) >= 11 is 0. The second kappa shape index (κ2) is 19.5. The van der Waals surface area contributed by atoms with Crippen LogP contribution in [0.5, 0.6) is 0 Å². The third kappa shape index (κ3) is 8.12. The molecule has 1 saturated carbocycles. The summed E-state index contributed by atoms with van der Waals surface area (Å²) in [5.41, 5.74) is -14.3. The summed E-state index contributed by atoms with van der Waals surface area (Å²) in [5, 5.41) is 0. The Morgan fingerprint density at radius 1 is 0.339 bits per heavy atom. The van der Waals surface area contributed by atoms with Gasteiger partial charge in [0.15, 0.2) is 69.8 Å². The van der Waals surface area contributed by atoms with Crippen molar-refractivity contribution in [1.82, 2.24) is 0 Å². The molecule has 5 rings (SSSR count). The summed E-state index contributed by atoms with van der Waals surface area (Å²) in [6.07, 6.45) is 5.82. The molecule has 1 nitrogen and oxygen atoms in total. The van der Waals surface area contributed by atoms with E-state index in [1.807, 2.05) is 0 Å². The Morgan fingerprint density at radius 2 is 0.548 bits per heavy atom. The van der Waals surface area contributed by atoms with Gasteiger partial charge in [0.2, 0.25) is 0 Å². The van der Waals surface area contributed by atoms with Crippen LogP contribution in [0.25, 0.3) is 0 Å². The van der Waals surface area contributed by atoms with E-state index < -0.39 is 144 Å². The average molecular weight is 919 g/mol. The topological polar surface area (TPSA) is 0 Å². The highest BCUT2D eigenvalue weighted by Crippen LogP contribution is 2.32. The van der Waals surface area contributed by atoms with E-state index in [2.05, 4.69) is 20.8 Å². The highest BCUT2D eigenvalue weighted by atomic mass is 19.2. The van der Waals surface area contributed by atoms with Gasteiger partial charge in [-0.3, -0.25) is 0 Å². The molecule has 0 N–H and O–H groups in total. The smallest absolute Gasteiger partial charge is 0.200 e. The maximum Gasteiger partial charge on any atom is 0.200 e. The number of nitrogens with zero attached hydrogens (tertiary/aromatic N) is 1. The fourth-order valence-corrected chi connectivity index (χ4v) is 8.50. The van der Waals surface area contributed by atoms with Gasteiger partial charge in [-0.1, -0.05) is 33.1 Å². The monoisotopic (exact) mass is 919 g/mol. The third-order valence-corrected chi connectivity index (χ3v) is 11.6. The van der Waals surface area contributed by atoms with Crippen LogP contribution in [0.3, 0.4) is 0 Å². The van der Waals surface area contributed by atoms with E-state index in [-0.39, 0.29) is 0 Å². The Bertz CT molecular complexity index is 1940. The molecule has 0 saturated heterocycles. The Hall–Kier alpha value is -4.50. The first-order valence-corrected chi connectivity index (χ1v) is 19.1. The van der Waals surface area contributed by atoms with Crippen molar-refractivity contribution in [3.63, 3.8) is 0 Å². The van der Waals surface area contributed by atoms with Crippen LogP contribution in [-0.4, -0.2) is 36.3 Å². The summed E-state index contributed by atoms with van der Waals surface area (Å²) in [5.74, 6) is -71.4. The number of unbranched alkanes of at least 4 members (excludes halogenated alkanes) is 2. The lowest BCUT2D eigenvalue weighted by Crippen LogP contribution is -2.81. The number of hydrogen-bond donors (Lipinski definition) is 0. The Labute approximate surface area is 340 Å². The van der Waals surface area contributed by atoms with E-state index >= 15 is 35.1 Å². The molecular formula is C40H34BF20N. The molecule has 1 fully saturated rings. The van der Waals surface area contributed by atoms with Crippen molar-refractivity contribution in [3.05, 3.63) is 116 Å². The van der Waals surface area contributed by atoms with Crippen molar-refractivity contribution < 1.29 is 92.3 Å². The molecule has 0 atom stereocenters. The lowest BCUT2D eigenvalue weighted by Gasteiger charge is -2.46. The van der Waals surface area contributed by atoms with Crippen LogP contribution in [0.15, 0.2) is 0 Å². The molecule has 4 aromatic carbocycles. The standard InChI is InChI=1S/C24BF20.C16H34N/c26-5-1(6(27)14(35)21(42)13(5)34)25(2-7(28)15(36)22(43)16(37)8(2)29,3-9(30)17(38)23(44)18(39)10(3)31)4-11(32)19(40)24(45)20(41)12(4)33;1-4-7-14-17(6-3,15-8-5-2)16-12-10-9-11-13-16/h;16H,4-15H2,1-3H3/q-1;+1. The van der Waals surface area contributed by atoms with Gasteiger partial charge in [0.05, 0.1) is 25.7 Å². The van der Waals surface area contributed by atoms with Gasteiger partial charge >= 0.3 is 0 Å². The minimum atomic E-state index is -7.22. The van der Waals surface area contributed by atoms with Crippen LogP contribution in [0, 0.1) is 116 Å². The molecule has 4 aromatic rings. The number of rotatable bonds is 12. The zero-order valence-electron chi connectivity index (χ0n) is 32.6. The van der Waals surface area contributed by atoms with E-state index in [0.29, 0.717) is 0 Å². The lowest BCUT2D eigenvalue weighted by atomic mass is 9.12. The van der Waals surface area contributed by atoms with Crippen molar-refractivity contribution in [2.24, 2.45) is 0 Å². The van der Waals surface area contributed by atoms with E-state index in [0.717, 1.165) is 6.04 Å². The van der Waals surface area contributed by atoms with Gasteiger partial charge in [-0.2, -0.15) is 0 Å². The van der Waals surface area contributed by atoms with Gasteiger partial charge < -0.3 is 4.48 Å². The average Bonchev–Trinajstić information content (AvgIpc) is 3.27. The molecule has 0 radical (unpaired) electrons. The molecule has 342 valence electrons. The number of halogens is 20. The first-order valence-electron chi connectivity index (χ1n) is 19.1. The molecule has 0 aromatic heterocycles. The number of quaternary nitrogens is 1. The van der Waals surface area contributed by atoms with Crippen molar-refractivity contribution in [1.29, 1.82) is 0 Å². The fourth-order valence-electron chi connectivity index (χ4n) is 8.50. The predicted octanol–water partition coefficient (Wildman–Crippen LogP) is 10.6. The summed E-state index contributed by atoms with van der Waals surface area (Å²) in [6.45, 7) is 11.4.